The SMILES string of the molecule is CCCCCCCC(=O)N1CCNC(=O)C1CC(=O)OCCOc1ccccc1. The molecule has 7 nitrogen and oxygen atoms in total. The summed E-state index contributed by atoms with van der Waals surface area (Å²) in [6.45, 7) is 3.31. The lowest BCUT2D eigenvalue weighted by Gasteiger charge is -2.34. The summed E-state index contributed by atoms with van der Waals surface area (Å²) in [6.07, 6.45) is 5.53. The van der Waals surface area contributed by atoms with Crippen LogP contribution in [0, 0.1) is 0 Å². The first-order chi connectivity index (χ1) is 14.1. The van der Waals surface area contributed by atoms with Crippen molar-refractivity contribution >= 4 is 17.8 Å². The Morgan fingerprint density at radius 3 is 2.62 bits per heavy atom. The lowest BCUT2D eigenvalue weighted by Crippen LogP contribution is -2.57. The average Bonchev–Trinajstić information content (AvgIpc) is 2.73. The molecule has 1 aromatic rings. The van der Waals surface area contributed by atoms with Gasteiger partial charge in [-0.25, -0.2) is 0 Å². The van der Waals surface area contributed by atoms with Crippen molar-refractivity contribution in [3.8, 4) is 5.75 Å². The van der Waals surface area contributed by atoms with Crippen LogP contribution in [0.15, 0.2) is 30.3 Å². The van der Waals surface area contributed by atoms with Gasteiger partial charge >= 0.3 is 5.97 Å². The number of benzene rings is 1. The smallest absolute Gasteiger partial charge is 0.308 e. The second kappa shape index (κ2) is 12.8. The van der Waals surface area contributed by atoms with Crippen LogP contribution in [0.5, 0.6) is 5.75 Å². The molecule has 0 bridgehead atoms. The fourth-order valence-electron chi connectivity index (χ4n) is 3.29. The quantitative estimate of drug-likeness (QED) is 0.428. The molecule has 1 N–H and O–H groups in total. The zero-order chi connectivity index (χ0) is 20.9. The minimum absolute atomic E-state index is 0.0680. The second-order valence-corrected chi connectivity index (χ2v) is 7.14. The Labute approximate surface area is 172 Å². The number of hydrogen-bond donors (Lipinski definition) is 1. The number of hydrogen-bond acceptors (Lipinski definition) is 5. The summed E-state index contributed by atoms with van der Waals surface area (Å²) in [5, 5.41) is 2.73. The highest BCUT2D eigenvalue weighted by Crippen LogP contribution is 2.14. The van der Waals surface area contributed by atoms with Crippen LogP contribution in [0.1, 0.15) is 51.9 Å². The third-order valence-electron chi connectivity index (χ3n) is 4.86. The summed E-state index contributed by atoms with van der Waals surface area (Å²) >= 11 is 0. The van der Waals surface area contributed by atoms with E-state index in [0.29, 0.717) is 25.3 Å². The molecule has 29 heavy (non-hydrogen) atoms. The maximum atomic E-state index is 12.6. The number of nitrogens with one attached hydrogen (secondary N) is 1. The molecular formula is C22H32N2O5. The maximum Gasteiger partial charge on any atom is 0.308 e. The van der Waals surface area contributed by atoms with Crippen molar-refractivity contribution in [2.75, 3.05) is 26.3 Å². The zero-order valence-electron chi connectivity index (χ0n) is 17.2. The lowest BCUT2D eigenvalue weighted by molar-refractivity contribution is -0.152. The average molecular weight is 405 g/mol. The summed E-state index contributed by atoms with van der Waals surface area (Å²) in [7, 11) is 0. The molecule has 1 unspecified atom stereocenters. The number of amides is 2. The first-order valence-corrected chi connectivity index (χ1v) is 10.5. The van der Waals surface area contributed by atoms with Crippen molar-refractivity contribution in [1.29, 1.82) is 0 Å². The van der Waals surface area contributed by atoms with E-state index in [-0.39, 0.29) is 31.4 Å². The number of carbonyl (C=O) groups is 3. The minimum Gasteiger partial charge on any atom is -0.490 e. The predicted octanol–water partition coefficient (Wildman–Crippen LogP) is 2.69. The number of rotatable bonds is 12. The highest BCUT2D eigenvalue weighted by atomic mass is 16.6. The monoisotopic (exact) mass is 404 g/mol. The van der Waals surface area contributed by atoms with Gasteiger partial charge in [0.25, 0.3) is 0 Å². The third kappa shape index (κ3) is 8.13. The van der Waals surface area contributed by atoms with Crippen LogP contribution in [0.2, 0.25) is 0 Å². The molecule has 7 heteroatoms. The van der Waals surface area contributed by atoms with Crippen molar-refractivity contribution in [2.24, 2.45) is 0 Å². The molecule has 160 valence electrons. The second-order valence-electron chi connectivity index (χ2n) is 7.14. The van der Waals surface area contributed by atoms with Gasteiger partial charge in [-0.2, -0.15) is 0 Å². The summed E-state index contributed by atoms with van der Waals surface area (Å²) in [5.41, 5.74) is 0. The van der Waals surface area contributed by atoms with Gasteiger partial charge in [0, 0.05) is 19.5 Å². The molecule has 1 aliphatic rings. The van der Waals surface area contributed by atoms with E-state index in [0.717, 1.165) is 25.7 Å². The van der Waals surface area contributed by atoms with Gasteiger partial charge in [-0.15, -0.1) is 0 Å². The molecule has 1 aliphatic heterocycles. The van der Waals surface area contributed by atoms with Crippen LogP contribution in [0.3, 0.4) is 0 Å². The van der Waals surface area contributed by atoms with Crippen molar-refractivity contribution in [3.63, 3.8) is 0 Å². The topological polar surface area (TPSA) is 84.9 Å². The van der Waals surface area contributed by atoms with Gasteiger partial charge in [0.2, 0.25) is 11.8 Å². The van der Waals surface area contributed by atoms with Gasteiger partial charge in [0.1, 0.15) is 25.0 Å². The van der Waals surface area contributed by atoms with E-state index in [1.165, 1.54) is 11.3 Å². The Kier molecular flexibility index (Phi) is 10.0. The molecule has 1 heterocycles. The van der Waals surface area contributed by atoms with E-state index in [2.05, 4.69) is 12.2 Å². The van der Waals surface area contributed by atoms with E-state index < -0.39 is 12.0 Å². The van der Waals surface area contributed by atoms with E-state index in [9.17, 15) is 14.4 Å². The molecule has 2 rings (SSSR count). The number of piperazine rings is 1. The predicted molar refractivity (Wildman–Crippen MR) is 109 cm³/mol. The van der Waals surface area contributed by atoms with Crippen LogP contribution < -0.4 is 10.1 Å². The highest BCUT2D eigenvalue weighted by Gasteiger charge is 2.34. The van der Waals surface area contributed by atoms with Crippen LogP contribution in [-0.2, 0) is 19.1 Å². The number of nitrogens with zero attached hydrogens (tertiary/aromatic N) is 1. The molecule has 1 saturated heterocycles. The maximum absolute atomic E-state index is 12.6. The van der Waals surface area contributed by atoms with Crippen LogP contribution >= 0.6 is 0 Å². The summed E-state index contributed by atoms with van der Waals surface area (Å²) in [6, 6.07) is 8.45. The van der Waals surface area contributed by atoms with E-state index in [4.69, 9.17) is 9.47 Å². The summed E-state index contributed by atoms with van der Waals surface area (Å²) in [5.74, 6) is -0.176. The molecule has 2 amide bonds. The van der Waals surface area contributed by atoms with Gasteiger partial charge in [-0.3, -0.25) is 14.4 Å². The Bertz CT molecular complexity index is 650. The molecule has 0 radical (unpaired) electrons. The Morgan fingerprint density at radius 1 is 1.10 bits per heavy atom. The first-order valence-electron chi connectivity index (χ1n) is 10.5. The number of para-hydroxylation sites is 1. The fraction of sp³-hybridized carbons (Fsp3) is 0.591. The molecule has 0 spiro atoms. The first kappa shape index (κ1) is 22.7. The van der Waals surface area contributed by atoms with Gasteiger partial charge in [-0.1, -0.05) is 50.8 Å². The molecule has 0 aliphatic carbocycles. The van der Waals surface area contributed by atoms with Gasteiger partial charge in [0.05, 0.1) is 6.42 Å². The molecular weight excluding hydrogens is 372 g/mol. The molecule has 1 aromatic carbocycles. The van der Waals surface area contributed by atoms with Crippen molar-refractivity contribution in [2.45, 2.75) is 57.9 Å². The van der Waals surface area contributed by atoms with E-state index >= 15 is 0 Å². The Hall–Kier alpha value is -2.57. The van der Waals surface area contributed by atoms with Crippen molar-refractivity contribution < 1.29 is 23.9 Å². The Morgan fingerprint density at radius 2 is 1.86 bits per heavy atom. The molecule has 1 atom stereocenters. The summed E-state index contributed by atoms with van der Waals surface area (Å²) < 4.78 is 10.7. The van der Waals surface area contributed by atoms with Gasteiger partial charge in [0.15, 0.2) is 0 Å². The summed E-state index contributed by atoms with van der Waals surface area (Å²) in [4.78, 5) is 38.5. The minimum atomic E-state index is -0.797. The largest absolute Gasteiger partial charge is 0.490 e. The number of unbranched alkanes of at least 4 members (excludes halogenated alkanes) is 4. The lowest BCUT2D eigenvalue weighted by atomic mass is 10.1. The normalized spacial score (nSPS) is 16.2. The van der Waals surface area contributed by atoms with Crippen LogP contribution in [0.25, 0.3) is 0 Å². The number of carbonyl (C=O) groups excluding carboxylic acids is 3. The zero-order valence-corrected chi connectivity index (χ0v) is 17.2. The van der Waals surface area contributed by atoms with Crippen molar-refractivity contribution in [1.82, 2.24) is 10.2 Å². The number of esters is 1. The third-order valence-corrected chi connectivity index (χ3v) is 4.86. The fourth-order valence-corrected chi connectivity index (χ4v) is 3.29. The van der Waals surface area contributed by atoms with Gasteiger partial charge < -0.3 is 19.7 Å². The number of ether oxygens (including phenoxy) is 2. The highest BCUT2D eigenvalue weighted by molar-refractivity contribution is 5.91. The van der Waals surface area contributed by atoms with Gasteiger partial charge in [-0.05, 0) is 18.6 Å². The van der Waals surface area contributed by atoms with Crippen LogP contribution in [0.4, 0.5) is 0 Å². The molecule has 1 fully saturated rings. The van der Waals surface area contributed by atoms with Crippen molar-refractivity contribution in [3.05, 3.63) is 30.3 Å². The van der Waals surface area contributed by atoms with E-state index in [1.807, 2.05) is 30.3 Å². The molecule has 0 aromatic heterocycles. The molecule has 0 saturated carbocycles. The van der Waals surface area contributed by atoms with E-state index in [1.54, 1.807) is 0 Å². The Balaban J connectivity index is 1.74. The standard InChI is InChI=1S/C22H32N2O5/c1-2-3-4-5-9-12-20(25)24-14-13-23-22(27)19(24)17-21(26)29-16-15-28-18-10-7-6-8-11-18/h6-8,10-11,19H,2-5,9,12-17H2,1H3,(H,23,27). The van der Waals surface area contributed by atoms with Crippen LogP contribution in [-0.4, -0.2) is 55.0 Å².